The molecule has 2 aromatic rings. The summed E-state index contributed by atoms with van der Waals surface area (Å²) in [6.45, 7) is 0.854. The van der Waals surface area contributed by atoms with Crippen LogP contribution in [-0.2, 0) is 16.7 Å². The van der Waals surface area contributed by atoms with Crippen LogP contribution in [0, 0.1) is 18.7 Å². The Kier molecular flexibility index (Phi) is 6.70. The number of aliphatic imine (C=N–C) groups is 1. The van der Waals surface area contributed by atoms with Gasteiger partial charge in [-0.15, -0.1) is 0 Å². The predicted molar refractivity (Wildman–Crippen MR) is 116 cm³/mol. The Balaban J connectivity index is 1.57. The van der Waals surface area contributed by atoms with E-state index in [0.29, 0.717) is 23.8 Å². The van der Waals surface area contributed by atoms with E-state index in [-0.39, 0.29) is 17.7 Å². The highest BCUT2D eigenvalue weighted by atomic mass is 19.4. The average molecular weight is 497 g/mol. The Morgan fingerprint density at radius 2 is 2.03 bits per heavy atom. The van der Waals surface area contributed by atoms with Crippen molar-refractivity contribution in [1.82, 2.24) is 4.98 Å². The summed E-state index contributed by atoms with van der Waals surface area (Å²) in [5.74, 6) is -0.260. The summed E-state index contributed by atoms with van der Waals surface area (Å²) in [6.07, 6.45) is -4.82. The number of Topliss-reactive ketones (excluding diaryl/α,β-unsaturated/α-hetero) is 1. The molecule has 2 atom stereocenters. The normalized spacial score (nSPS) is 22.3. The fraction of sp³-hybridized carbons (Fsp3) is 0.458. The Hall–Kier alpha value is -3.24. The van der Waals surface area contributed by atoms with Crippen molar-refractivity contribution in [2.45, 2.75) is 50.4 Å². The number of hydrogen-bond acceptors (Lipinski definition) is 6. The molecule has 4 rings (SSSR count). The summed E-state index contributed by atoms with van der Waals surface area (Å²) in [7, 11) is 0. The first kappa shape index (κ1) is 24.9. The maximum absolute atomic E-state index is 14.7. The Labute approximate surface area is 198 Å². The van der Waals surface area contributed by atoms with Crippen molar-refractivity contribution in [3.8, 4) is 5.75 Å². The zero-order valence-corrected chi connectivity index (χ0v) is 18.9. The van der Waals surface area contributed by atoms with Crippen LogP contribution >= 0.6 is 0 Å². The van der Waals surface area contributed by atoms with Crippen LogP contribution < -0.4 is 10.5 Å². The van der Waals surface area contributed by atoms with E-state index in [9.17, 15) is 26.7 Å². The molecule has 1 aliphatic carbocycles. The predicted octanol–water partition coefficient (Wildman–Crippen LogP) is 4.57. The molecule has 0 bridgehead atoms. The van der Waals surface area contributed by atoms with Gasteiger partial charge in [-0.05, 0) is 55.0 Å². The lowest BCUT2D eigenvalue weighted by Gasteiger charge is -2.36. The van der Waals surface area contributed by atoms with E-state index < -0.39 is 54.1 Å². The maximum atomic E-state index is 14.7. The highest BCUT2D eigenvalue weighted by Crippen LogP contribution is 2.41. The number of alkyl halides is 4. The van der Waals surface area contributed by atoms with Crippen LogP contribution in [0.3, 0.4) is 0 Å². The number of rotatable bonds is 8. The fourth-order valence-electron chi connectivity index (χ4n) is 4.01. The van der Waals surface area contributed by atoms with Crippen molar-refractivity contribution in [1.29, 1.82) is 0 Å². The van der Waals surface area contributed by atoms with Crippen molar-refractivity contribution >= 4 is 11.8 Å². The zero-order chi connectivity index (χ0) is 25.4. The first-order chi connectivity index (χ1) is 16.5. The standard InChI is InChI=1S/C24H24F5N3O3/c1-13-6-16(34-11-14-2-3-14)10-31-21(13)19(33)8-15-4-5-18(26)17(7-15)23(12-25)9-20(24(27,28)29)35-22(30)32-23/h4-7,10,14,20H,2-3,8-9,11-12H2,1H3,(H2,30,32)/t20-,23+/m0/s1. The Morgan fingerprint density at radius 1 is 1.29 bits per heavy atom. The van der Waals surface area contributed by atoms with E-state index in [0.717, 1.165) is 25.0 Å². The van der Waals surface area contributed by atoms with Crippen LogP contribution in [0.1, 0.15) is 46.4 Å². The molecular weight excluding hydrogens is 473 g/mol. The molecule has 188 valence electrons. The zero-order valence-electron chi connectivity index (χ0n) is 18.9. The summed E-state index contributed by atoms with van der Waals surface area (Å²) in [4.78, 5) is 20.8. The number of ether oxygens (including phenoxy) is 2. The molecule has 11 heteroatoms. The summed E-state index contributed by atoms with van der Waals surface area (Å²) in [5.41, 5.74) is 3.75. The van der Waals surface area contributed by atoms with Gasteiger partial charge in [-0.2, -0.15) is 13.2 Å². The van der Waals surface area contributed by atoms with Gasteiger partial charge in [0.25, 0.3) is 6.02 Å². The van der Waals surface area contributed by atoms with E-state index in [2.05, 4.69) is 14.7 Å². The molecule has 0 saturated heterocycles. The van der Waals surface area contributed by atoms with Gasteiger partial charge in [0.1, 0.15) is 29.5 Å². The van der Waals surface area contributed by atoms with Gasteiger partial charge in [0.2, 0.25) is 0 Å². The quantitative estimate of drug-likeness (QED) is 0.427. The van der Waals surface area contributed by atoms with Gasteiger partial charge in [-0.25, -0.2) is 18.8 Å². The largest absolute Gasteiger partial charge is 0.492 e. The number of carbonyl (C=O) groups excluding carboxylic acids is 1. The smallest absolute Gasteiger partial charge is 0.425 e. The van der Waals surface area contributed by atoms with Crippen LogP contribution in [0.15, 0.2) is 35.5 Å². The van der Waals surface area contributed by atoms with Crippen LogP contribution in [0.25, 0.3) is 0 Å². The summed E-state index contributed by atoms with van der Waals surface area (Å²) < 4.78 is 79.0. The molecule has 2 aliphatic rings. The monoisotopic (exact) mass is 497 g/mol. The molecule has 0 amide bonds. The summed E-state index contributed by atoms with van der Waals surface area (Å²) in [6, 6.07) is 4.23. The molecule has 0 radical (unpaired) electrons. The van der Waals surface area contributed by atoms with Crippen molar-refractivity contribution in [2.24, 2.45) is 16.6 Å². The first-order valence-corrected chi connectivity index (χ1v) is 11.1. The fourth-order valence-corrected chi connectivity index (χ4v) is 4.01. The minimum atomic E-state index is -4.86. The molecule has 1 aliphatic heterocycles. The number of aromatic nitrogens is 1. The van der Waals surface area contributed by atoms with Crippen LogP contribution in [-0.4, -0.2) is 42.4 Å². The third kappa shape index (κ3) is 5.54. The number of nitrogens with zero attached hydrogens (tertiary/aromatic N) is 2. The topological polar surface area (TPSA) is 86.8 Å². The lowest BCUT2D eigenvalue weighted by Crippen LogP contribution is -2.48. The first-order valence-electron chi connectivity index (χ1n) is 11.1. The maximum Gasteiger partial charge on any atom is 0.425 e. The van der Waals surface area contributed by atoms with Crippen molar-refractivity contribution in [3.05, 3.63) is 58.7 Å². The number of amidine groups is 1. The summed E-state index contributed by atoms with van der Waals surface area (Å²) in [5, 5.41) is 0. The molecule has 2 N–H and O–H groups in total. The van der Waals surface area contributed by atoms with Crippen molar-refractivity contribution < 1.29 is 36.2 Å². The average Bonchev–Trinajstić information content (AvgIpc) is 3.62. The second-order valence-corrected chi connectivity index (χ2v) is 8.97. The Morgan fingerprint density at radius 3 is 2.66 bits per heavy atom. The lowest BCUT2D eigenvalue weighted by molar-refractivity contribution is -0.209. The molecule has 0 spiro atoms. The van der Waals surface area contributed by atoms with Crippen LogP contribution in [0.4, 0.5) is 22.0 Å². The third-order valence-electron chi connectivity index (χ3n) is 6.09. The van der Waals surface area contributed by atoms with Crippen LogP contribution in [0.2, 0.25) is 0 Å². The highest BCUT2D eigenvalue weighted by Gasteiger charge is 2.52. The molecule has 1 aromatic carbocycles. The highest BCUT2D eigenvalue weighted by molar-refractivity contribution is 5.97. The number of pyridine rings is 1. The van der Waals surface area contributed by atoms with Gasteiger partial charge in [0, 0.05) is 18.4 Å². The molecule has 6 nitrogen and oxygen atoms in total. The van der Waals surface area contributed by atoms with Gasteiger partial charge < -0.3 is 15.2 Å². The van der Waals surface area contributed by atoms with E-state index >= 15 is 0 Å². The van der Waals surface area contributed by atoms with Gasteiger partial charge in [-0.3, -0.25) is 4.79 Å². The molecule has 1 saturated carbocycles. The van der Waals surface area contributed by atoms with Crippen molar-refractivity contribution in [3.63, 3.8) is 0 Å². The van der Waals surface area contributed by atoms with Gasteiger partial charge in [-0.1, -0.05) is 6.07 Å². The number of halogens is 5. The van der Waals surface area contributed by atoms with Crippen molar-refractivity contribution in [2.75, 3.05) is 13.3 Å². The van der Waals surface area contributed by atoms with E-state index in [1.807, 2.05) is 0 Å². The lowest BCUT2D eigenvalue weighted by atomic mass is 9.83. The second kappa shape index (κ2) is 9.43. The van der Waals surface area contributed by atoms with Gasteiger partial charge in [0.05, 0.1) is 12.8 Å². The molecule has 1 aromatic heterocycles. The minimum Gasteiger partial charge on any atom is -0.492 e. The van der Waals surface area contributed by atoms with E-state index in [1.54, 1.807) is 13.0 Å². The number of hydrogen-bond donors (Lipinski definition) is 1. The number of carbonyl (C=O) groups is 1. The molecule has 35 heavy (non-hydrogen) atoms. The SMILES string of the molecule is Cc1cc(OCC2CC2)cnc1C(=O)Cc1ccc(F)c([C@]2(CF)C[C@@H](C(F)(F)F)OC(N)=N2)c1. The van der Waals surface area contributed by atoms with Crippen LogP contribution in [0.5, 0.6) is 5.75 Å². The molecule has 0 unspecified atom stereocenters. The molecule has 1 fully saturated rings. The number of benzene rings is 1. The van der Waals surface area contributed by atoms with Gasteiger partial charge in [0.15, 0.2) is 11.9 Å². The minimum absolute atomic E-state index is 0.181. The van der Waals surface area contributed by atoms with E-state index in [4.69, 9.17) is 10.5 Å². The Bertz CT molecular complexity index is 1150. The number of ketones is 1. The number of aryl methyl sites for hydroxylation is 1. The molecular formula is C24H24F5N3O3. The molecule has 2 heterocycles. The van der Waals surface area contributed by atoms with Gasteiger partial charge >= 0.3 is 6.18 Å². The second-order valence-electron chi connectivity index (χ2n) is 8.97. The number of nitrogens with two attached hydrogens (primary N) is 1. The summed E-state index contributed by atoms with van der Waals surface area (Å²) >= 11 is 0. The van der Waals surface area contributed by atoms with E-state index in [1.165, 1.54) is 12.3 Å². The third-order valence-corrected chi connectivity index (χ3v) is 6.09.